The van der Waals surface area contributed by atoms with Crippen LogP contribution in [0.2, 0.25) is 0 Å². The van der Waals surface area contributed by atoms with Gasteiger partial charge in [0, 0.05) is 12.2 Å². The number of halogens is 2. The zero-order chi connectivity index (χ0) is 41.6. The summed E-state index contributed by atoms with van der Waals surface area (Å²) in [5.74, 6) is -0.358. The molecule has 3 saturated heterocycles. The lowest BCUT2D eigenvalue weighted by molar-refractivity contribution is -0.134. The number of esters is 1. The monoisotopic (exact) mass is 884 g/mol. The van der Waals surface area contributed by atoms with Gasteiger partial charge in [0.25, 0.3) is 12.1 Å². The molecule has 3 fully saturated rings. The van der Waals surface area contributed by atoms with Crippen LogP contribution in [-0.4, -0.2) is 106 Å². The first-order valence-corrected chi connectivity index (χ1v) is 22.8. The summed E-state index contributed by atoms with van der Waals surface area (Å²) in [5.41, 5.74) is 11.4. The largest absolute Gasteiger partial charge is 0.472 e. The highest BCUT2D eigenvalue weighted by Crippen LogP contribution is 2.62. The summed E-state index contributed by atoms with van der Waals surface area (Å²) in [4.78, 5) is 57.9. The number of benzene rings is 1. The molecule has 0 saturated carbocycles. The van der Waals surface area contributed by atoms with Crippen LogP contribution in [0, 0.1) is 0 Å². The first-order valence-electron chi connectivity index (χ1n) is 17.9. The molecule has 0 aliphatic carbocycles. The van der Waals surface area contributed by atoms with Gasteiger partial charge < -0.3 is 39.8 Å². The average Bonchev–Trinajstić information content (AvgIpc) is 3.96. The predicted octanol–water partition coefficient (Wildman–Crippen LogP) is 3.30. The molecule has 4 aromatic heterocycles. The highest BCUT2D eigenvalue weighted by Gasteiger charge is 2.54. The number of carbonyl (C=O) groups is 1. The number of anilines is 2. The van der Waals surface area contributed by atoms with E-state index in [1.54, 1.807) is 24.3 Å². The van der Waals surface area contributed by atoms with Crippen molar-refractivity contribution in [3.05, 3.63) is 59.2 Å². The number of H-pyrrole nitrogens is 1. The number of alkyl halides is 2. The van der Waals surface area contributed by atoms with E-state index in [1.807, 2.05) is 6.92 Å². The van der Waals surface area contributed by atoms with Gasteiger partial charge in [-0.15, -0.1) is 0 Å². The van der Waals surface area contributed by atoms with Gasteiger partial charge in [0.1, 0.15) is 48.4 Å². The van der Waals surface area contributed by atoms with Crippen molar-refractivity contribution in [3.8, 4) is 5.75 Å². The topological polar surface area (TPSA) is 295 Å². The van der Waals surface area contributed by atoms with E-state index in [0.29, 0.717) is 17.7 Å². The van der Waals surface area contributed by atoms with E-state index >= 15 is 8.78 Å². The number of nitrogen functional groups attached to an aromatic ring is 2. The fraction of sp³-hybridized carbons (Fsp3) is 0.469. The van der Waals surface area contributed by atoms with E-state index in [0.717, 1.165) is 28.6 Å². The second-order valence-electron chi connectivity index (χ2n) is 13.5. The fourth-order valence-electron chi connectivity index (χ4n) is 6.64. The summed E-state index contributed by atoms with van der Waals surface area (Å²) in [6.07, 6.45) is -10.6. The minimum atomic E-state index is -5.25. The van der Waals surface area contributed by atoms with Gasteiger partial charge in [0.15, 0.2) is 47.4 Å². The second-order valence-corrected chi connectivity index (χ2v) is 19.7. The number of carbonyl (C=O) groups excluding carboxylic acids is 1. The number of fused-ring (bicyclic) bond motifs is 5. The molecule has 1 aromatic carbocycles. The molecule has 22 nitrogen and oxygen atoms in total. The third-order valence-corrected chi connectivity index (χ3v) is 14.5. The number of aromatic amines is 1. The molecule has 3 aliphatic heterocycles. The van der Waals surface area contributed by atoms with Crippen LogP contribution in [0.1, 0.15) is 37.8 Å². The molecular formula is C32H36F2N10O12P2S. The second kappa shape index (κ2) is 16.6. The first-order chi connectivity index (χ1) is 28.2. The molecular weight excluding hydrogens is 848 g/mol. The normalized spacial score (nSPS) is 31.6. The Morgan fingerprint density at radius 1 is 0.966 bits per heavy atom. The highest BCUT2D eigenvalue weighted by molar-refractivity contribution is 8.56. The predicted molar refractivity (Wildman–Crippen MR) is 202 cm³/mol. The van der Waals surface area contributed by atoms with Gasteiger partial charge in [0.2, 0.25) is 5.95 Å². The Bertz CT molecular complexity index is 2520. The van der Waals surface area contributed by atoms with Crippen molar-refractivity contribution in [2.75, 3.05) is 31.0 Å². The molecule has 6 N–H and O–H groups in total. The summed E-state index contributed by atoms with van der Waals surface area (Å²) < 4.78 is 103. The number of phosphoric ester groups is 1. The van der Waals surface area contributed by atoms with Crippen LogP contribution in [0.25, 0.3) is 22.3 Å². The van der Waals surface area contributed by atoms with Gasteiger partial charge in [-0.3, -0.25) is 37.3 Å². The van der Waals surface area contributed by atoms with E-state index in [2.05, 4.69) is 29.9 Å². The minimum Gasteiger partial charge on any atom is -0.427 e. The molecule has 2 bridgehead atoms. The number of nitrogens with two attached hydrogens (primary N) is 2. The molecule has 7 heterocycles. The number of rotatable bonds is 8. The van der Waals surface area contributed by atoms with E-state index in [4.69, 9.17) is 44.0 Å². The molecule has 0 spiro atoms. The molecule has 8 rings (SSSR count). The molecule has 316 valence electrons. The smallest absolute Gasteiger partial charge is 0.427 e. The summed E-state index contributed by atoms with van der Waals surface area (Å²) in [7, 11) is -5.25. The Labute approximate surface area is 335 Å². The molecule has 2 unspecified atom stereocenters. The average molecular weight is 885 g/mol. The molecule has 0 radical (unpaired) electrons. The van der Waals surface area contributed by atoms with Crippen molar-refractivity contribution in [2.45, 2.75) is 74.7 Å². The van der Waals surface area contributed by atoms with Crippen molar-refractivity contribution in [3.63, 3.8) is 0 Å². The van der Waals surface area contributed by atoms with Gasteiger partial charge >= 0.3 is 13.8 Å². The highest BCUT2D eigenvalue weighted by atomic mass is 32.7. The summed E-state index contributed by atoms with van der Waals surface area (Å²) >= 11 is 0.798. The lowest BCUT2D eigenvalue weighted by Gasteiger charge is -2.26. The molecule has 59 heavy (non-hydrogen) atoms. The molecule has 27 heteroatoms. The Morgan fingerprint density at radius 2 is 1.68 bits per heavy atom. The van der Waals surface area contributed by atoms with Crippen molar-refractivity contribution in [1.29, 1.82) is 0 Å². The van der Waals surface area contributed by atoms with Crippen LogP contribution in [-0.2, 0) is 47.5 Å². The number of imidazole rings is 2. The van der Waals surface area contributed by atoms with E-state index in [-0.39, 0.29) is 46.3 Å². The zero-order valence-corrected chi connectivity index (χ0v) is 33.3. The van der Waals surface area contributed by atoms with Crippen LogP contribution in [0.15, 0.2) is 48.0 Å². The summed E-state index contributed by atoms with van der Waals surface area (Å²) in [6.45, 7) is -3.85. The third kappa shape index (κ3) is 8.49. The van der Waals surface area contributed by atoms with Crippen molar-refractivity contribution >= 4 is 65.8 Å². The van der Waals surface area contributed by atoms with E-state index in [1.165, 1.54) is 10.9 Å². The van der Waals surface area contributed by atoms with Crippen LogP contribution in [0.3, 0.4) is 0 Å². The van der Waals surface area contributed by atoms with E-state index < -0.39 is 94.7 Å². The Balaban J connectivity index is 1.10. The number of aromatic nitrogens is 8. The Kier molecular flexibility index (Phi) is 11.6. The Hall–Kier alpha value is -4.42. The quantitative estimate of drug-likeness (QED) is 0.0987. The fourth-order valence-corrected chi connectivity index (χ4v) is 10.9. The number of ether oxygens (including phenoxy) is 4. The van der Waals surface area contributed by atoms with Gasteiger partial charge in [-0.2, -0.15) is 4.98 Å². The van der Waals surface area contributed by atoms with E-state index in [9.17, 15) is 23.6 Å². The lowest BCUT2D eigenvalue weighted by atomic mass is 10.1. The zero-order valence-electron chi connectivity index (χ0n) is 30.7. The number of hydrogen-bond donors (Lipinski definition) is 4. The SMILES string of the molecule is CCCC(=O)Oc1ccc(CSP2(=O)CO[C@H]3[C@@H](F)[C@H](n4cnc5c(N)ncnc54)O[C@@H]3COP(=O)(O)O[C@@H]3[C@H](F)[C@@H](CO2)O[C@H]3n2cnc3c(=O)[nH]c(N)nc32)cc1. The summed E-state index contributed by atoms with van der Waals surface area (Å²) in [5, 5.41) is 0. The maximum Gasteiger partial charge on any atom is 0.472 e. The molecule has 3 aliphatic rings. The maximum atomic E-state index is 16.6. The molecule has 0 amide bonds. The lowest BCUT2D eigenvalue weighted by Crippen LogP contribution is -2.36. The van der Waals surface area contributed by atoms with Gasteiger partial charge in [0.05, 0.1) is 25.9 Å². The molecule has 10 atom stereocenters. The van der Waals surface area contributed by atoms with Crippen molar-refractivity contribution < 1.29 is 60.1 Å². The van der Waals surface area contributed by atoms with Crippen LogP contribution < -0.4 is 21.8 Å². The third-order valence-electron chi connectivity index (χ3n) is 9.47. The van der Waals surface area contributed by atoms with Gasteiger partial charge in [-0.25, -0.2) is 33.3 Å². The van der Waals surface area contributed by atoms with Crippen LogP contribution in [0.5, 0.6) is 5.75 Å². The first kappa shape index (κ1) is 41.3. The van der Waals surface area contributed by atoms with Crippen molar-refractivity contribution in [2.24, 2.45) is 0 Å². The van der Waals surface area contributed by atoms with Crippen molar-refractivity contribution in [1.82, 2.24) is 39.0 Å². The summed E-state index contributed by atoms with van der Waals surface area (Å²) in [6, 6.07) is 6.41. The number of nitrogens with zero attached hydrogens (tertiary/aromatic N) is 7. The van der Waals surface area contributed by atoms with Crippen LogP contribution >= 0.6 is 25.8 Å². The maximum absolute atomic E-state index is 16.6. The number of hydrogen-bond acceptors (Lipinski definition) is 19. The Morgan fingerprint density at radius 3 is 2.44 bits per heavy atom. The van der Waals surface area contributed by atoms with Gasteiger partial charge in [-0.1, -0.05) is 30.4 Å². The minimum absolute atomic E-state index is 0.0125. The van der Waals surface area contributed by atoms with Gasteiger partial charge in [-0.05, 0) is 24.1 Å². The standard InChI is InChI=1S/C32H36F2N10O12P2S/c1-2-3-19(45)53-16-6-4-15(5-7-16)10-59-57(47)14-50-24-18(55-30(21(24)34)43-12-39-22-26(35)37-11-38-27(22)43)9-52-58(48,49)56-25-20(33)17(8-51-57)54-31(25)44-13-40-23-28(44)41-32(36)42-29(23)46/h4-7,11-13,17-18,20-21,24-25,30-31H,2-3,8-10,14H2,1H3,(H,48,49)(H2,35,37,38)(H3,36,41,42,46)/t17-,18-,20-,21-,24-,25-,30-,31-,57?/m1/s1. The molecule has 5 aromatic rings. The van der Waals surface area contributed by atoms with Crippen LogP contribution in [0.4, 0.5) is 20.5 Å². The number of nitrogens with one attached hydrogen (secondary N) is 1. The number of phosphoric acid groups is 1.